The summed E-state index contributed by atoms with van der Waals surface area (Å²) in [5, 5.41) is 22.6. The number of hydrogen-bond donors (Lipinski definition) is 2. The third kappa shape index (κ3) is 4.21. The van der Waals surface area contributed by atoms with Gasteiger partial charge in [-0.25, -0.2) is 0 Å². The maximum Gasteiger partial charge on any atom is 0.236 e. The van der Waals surface area contributed by atoms with Gasteiger partial charge in [-0.15, -0.1) is 20.4 Å². The minimum atomic E-state index is -0.181. The van der Waals surface area contributed by atoms with Crippen molar-refractivity contribution in [2.75, 3.05) is 16.4 Å². The van der Waals surface area contributed by atoms with Crippen molar-refractivity contribution in [3.8, 4) is 0 Å². The van der Waals surface area contributed by atoms with Crippen LogP contribution in [0.4, 0.5) is 10.3 Å². The number of thioether (sulfide) groups is 1. The number of hydrogen-bond acceptors (Lipinski definition) is 9. The van der Waals surface area contributed by atoms with E-state index < -0.39 is 0 Å². The molecule has 0 unspecified atom stereocenters. The van der Waals surface area contributed by atoms with Gasteiger partial charge < -0.3 is 5.32 Å². The van der Waals surface area contributed by atoms with Crippen molar-refractivity contribution in [2.24, 2.45) is 5.92 Å². The van der Waals surface area contributed by atoms with Crippen LogP contribution in [0.1, 0.15) is 17.8 Å². The van der Waals surface area contributed by atoms with Crippen LogP contribution in [-0.2, 0) is 9.59 Å². The van der Waals surface area contributed by atoms with Gasteiger partial charge in [0, 0.05) is 5.92 Å². The number of amides is 2. The first kappa shape index (κ1) is 15.3. The summed E-state index contributed by atoms with van der Waals surface area (Å²) in [6.07, 6.45) is 1.88. The van der Waals surface area contributed by atoms with Gasteiger partial charge in [0.2, 0.25) is 22.1 Å². The predicted molar refractivity (Wildman–Crippen MR) is 85.3 cm³/mol. The predicted octanol–water partition coefficient (Wildman–Crippen LogP) is 1.78. The molecular weight excluding hydrogens is 344 g/mol. The Hall–Kier alpha value is -1.59. The van der Waals surface area contributed by atoms with Crippen LogP contribution < -0.4 is 10.6 Å². The Balaban J connectivity index is 1.45. The fourth-order valence-corrected chi connectivity index (χ4v) is 3.66. The third-order valence-electron chi connectivity index (χ3n) is 2.68. The van der Waals surface area contributed by atoms with Crippen LogP contribution in [0.25, 0.3) is 0 Å². The van der Waals surface area contributed by atoms with Crippen LogP contribution in [0, 0.1) is 12.8 Å². The van der Waals surface area contributed by atoms with Gasteiger partial charge in [0.25, 0.3) is 0 Å². The molecule has 0 bridgehead atoms. The number of carbonyl (C=O) groups excluding carboxylic acids is 2. The van der Waals surface area contributed by atoms with E-state index in [1.165, 1.54) is 34.4 Å². The molecule has 0 radical (unpaired) electrons. The number of rotatable bonds is 6. The first-order valence-electron chi connectivity index (χ1n) is 6.47. The average Bonchev–Trinajstić information content (AvgIpc) is 3.13. The minimum Gasteiger partial charge on any atom is -0.300 e. The molecule has 2 N–H and O–H groups in total. The summed E-state index contributed by atoms with van der Waals surface area (Å²) >= 11 is 3.85. The zero-order chi connectivity index (χ0) is 15.5. The molecule has 2 aromatic heterocycles. The van der Waals surface area contributed by atoms with Gasteiger partial charge in [0.05, 0.1) is 5.75 Å². The molecule has 22 heavy (non-hydrogen) atoms. The summed E-state index contributed by atoms with van der Waals surface area (Å²) in [5.41, 5.74) is 0. The summed E-state index contributed by atoms with van der Waals surface area (Å²) in [4.78, 5) is 23.4. The van der Waals surface area contributed by atoms with Crippen molar-refractivity contribution in [3.63, 3.8) is 0 Å². The van der Waals surface area contributed by atoms with Crippen molar-refractivity contribution < 1.29 is 9.59 Å². The van der Waals surface area contributed by atoms with Crippen LogP contribution in [0.5, 0.6) is 0 Å². The molecule has 1 aliphatic carbocycles. The van der Waals surface area contributed by atoms with E-state index in [1.54, 1.807) is 0 Å². The molecule has 0 aliphatic heterocycles. The van der Waals surface area contributed by atoms with Gasteiger partial charge in [-0.05, 0) is 19.8 Å². The molecule has 1 saturated carbocycles. The number of nitrogens with one attached hydrogen (secondary N) is 2. The highest BCUT2D eigenvalue weighted by atomic mass is 32.2. The summed E-state index contributed by atoms with van der Waals surface area (Å²) in [6, 6.07) is 0. The maximum absolute atomic E-state index is 11.8. The molecule has 0 saturated heterocycles. The fraction of sp³-hybridized carbons (Fsp3) is 0.455. The molecule has 1 fully saturated rings. The number of aryl methyl sites for hydroxylation is 1. The summed E-state index contributed by atoms with van der Waals surface area (Å²) < 4.78 is 0.634. The molecule has 2 heterocycles. The first-order valence-corrected chi connectivity index (χ1v) is 9.09. The normalized spacial score (nSPS) is 13.9. The Labute approximate surface area is 138 Å². The number of nitrogens with zero attached hydrogens (tertiary/aromatic N) is 4. The number of carbonyl (C=O) groups is 2. The fourth-order valence-electron chi connectivity index (χ4n) is 1.50. The van der Waals surface area contributed by atoms with E-state index >= 15 is 0 Å². The van der Waals surface area contributed by atoms with Gasteiger partial charge in [0.15, 0.2) is 4.34 Å². The number of anilines is 2. The highest BCUT2D eigenvalue weighted by Gasteiger charge is 2.30. The maximum atomic E-state index is 11.8. The summed E-state index contributed by atoms with van der Waals surface area (Å²) in [5.74, 6) is 0.141. The molecule has 116 valence electrons. The molecule has 11 heteroatoms. The van der Waals surface area contributed by atoms with E-state index in [-0.39, 0.29) is 23.5 Å². The second-order valence-electron chi connectivity index (χ2n) is 4.60. The van der Waals surface area contributed by atoms with Crippen LogP contribution in [0.3, 0.4) is 0 Å². The van der Waals surface area contributed by atoms with E-state index in [0.29, 0.717) is 14.6 Å². The van der Waals surface area contributed by atoms with Crippen LogP contribution >= 0.6 is 34.4 Å². The molecule has 2 amide bonds. The van der Waals surface area contributed by atoms with Crippen LogP contribution in [0.2, 0.25) is 0 Å². The largest absolute Gasteiger partial charge is 0.300 e. The Morgan fingerprint density at radius 1 is 1.14 bits per heavy atom. The van der Waals surface area contributed by atoms with Gasteiger partial charge in [-0.3, -0.25) is 14.9 Å². The molecule has 0 aromatic carbocycles. The summed E-state index contributed by atoms with van der Waals surface area (Å²) in [7, 11) is 0. The lowest BCUT2D eigenvalue weighted by molar-refractivity contribution is -0.117. The van der Waals surface area contributed by atoms with E-state index in [2.05, 4.69) is 31.0 Å². The molecule has 1 aliphatic rings. The molecule has 0 atom stereocenters. The van der Waals surface area contributed by atoms with Crippen LogP contribution in [0.15, 0.2) is 4.34 Å². The quantitative estimate of drug-likeness (QED) is 0.599. The lowest BCUT2D eigenvalue weighted by atomic mass is 10.4. The molecule has 3 rings (SSSR count). The molecule has 2 aromatic rings. The third-order valence-corrected chi connectivity index (χ3v) is 5.41. The lowest BCUT2D eigenvalue weighted by Crippen LogP contribution is -2.13. The second-order valence-corrected chi connectivity index (χ2v) is 7.98. The Morgan fingerprint density at radius 3 is 2.55 bits per heavy atom. The monoisotopic (exact) mass is 356 g/mol. The molecular formula is C11H12N6O2S3. The molecule has 0 spiro atoms. The lowest BCUT2D eigenvalue weighted by Gasteiger charge is -1.98. The number of aromatic nitrogens is 4. The first-order chi connectivity index (χ1) is 10.6. The smallest absolute Gasteiger partial charge is 0.236 e. The van der Waals surface area contributed by atoms with Crippen LogP contribution in [-0.4, -0.2) is 38.0 Å². The van der Waals surface area contributed by atoms with Crippen molar-refractivity contribution in [2.45, 2.75) is 24.1 Å². The highest BCUT2D eigenvalue weighted by Crippen LogP contribution is 2.31. The average molecular weight is 356 g/mol. The van der Waals surface area contributed by atoms with Gasteiger partial charge in [-0.1, -0.05) is 34.4 Å². The Morgan fingerprint density at radius 2 is 1.86 bits per heavy atom. The van der Waals surface area contributed by atoms with Crippen molar-refractivity contribution >= 4 is 56.5 Å². The van der Waals surface area contributed by atoms with Crippen molar-refractivity contribution in [1.82, 2.24) is 20.4 Å². The van der Waals surface area contributed by atoms with E-state index in [0.717, 1.165) is 17.8 Å². The van der Waals surface area contributed by atoms with Crippen molar-refractivity contribution in [3.05, 3.63) is 5.01 Å². The second kappa shape index (κ2) is 6.67. The zero-order valence-electron chi connectivity index (χ0n) is 11.5. The van der Waals surface area contributed by atoms with Gasteiger partial charge >= 0.3 is 0 Å². The Kier molecular flexibility index (Phi) is 4.64. The van der Waals surface area contributed by atoms with E-state index in [9.17, 15) is 9.59 Å². The standard InChI is InChI=1S/C11H12N6O2S3/c1-5-14-15-9(21-5)12-7(18)4-20-11-17-16-10(22-11)13-8(19)6-2-3-6/h6H,2-4H2,1H3,(H,12,15,18)(H,13,16,19). The van der Waals surface area contributed by atoms with Gasteiger partial charge in [-0.2, -0.15) is 0 Å². The summed E-state index contributed by atoms with van der Waals surface area (Å²) in [6.45, 7) is 1.82. The topological polar surface area (TPSA) is 110 Å². The SMILES string of the molecule is Cc1nnc(NC(=O)CSc2nnc(NC(=O)C3CC3)s2)s1. The van der Waals surface area contributed by atoms with E-state index in [1.807, 2.05) is 6.92 Å². The Bertz CT molecular complexity index is 696. The van der Waals surface area contributed by atoms with Gasteiger partial charge in [0.1, 0.15) is 5.01 Å². The van der Waals surface area contributed by atoms with Crippen molar-refractivity contribution in [1.29, 1.82) is 0 Å². The molecule has 8 nitrogen and oxygen atoms in total. The van der Waals surface area contributed by atoms with E-state index in [4.69, 9.17) is 0 Å². The minimum absolute atomic E-state index is 0.00270. The highest BCUT2D eigenvalue weighted by molar-refractivity contribution is 8.01. The zero-order valence-corrected chi connectivity index (χ0v) is 14.0.